The zero-order valence-corrected chi connectivity index (χ0v) is 27.8. The predicted octanol–water partition coefficient (Wildman–Crippen LogP) is 7.99. The van der Waals surface area contributed by atoms with Crippen LogP contribution in [-0.2, 0) is 62.5 Å². The molecular formula is C36H40F6N2O5. The van der Waals surface area contributed by atoms with E-state index < -0.39 is 41.0 Å². The summed E-state index contributed by atoms with van der Waals surface area (Å²) in [6, 6.07) is 13.1. The minimum Gasteiger partial charge on any atom is -0.463 e. The Balaban J connectivity index is 1.75. The van der Waals surface area contributed by atoms with E-state index >= 15 is 0 Å². The van der Waals surface area contributed by atoms with Crippen LogP contribution in [0.15, 0.2) is 66.7 Å². The Morgan fingerprint density at radius 3 is 1.86 bits per heavy atom. The highest BCUT2D eigenvalue weighted by Crippen LogP contribution is 2.31. The summed E-state index contributed by atoms with van der Waals surface area (Å²) in [4.78, 5) is 36.2. The molecule has 0 saturated carbocycles. The van der Waals surface area contributed by atoms with Gasteiger partial charge in [-0.25, -0.2) is 0 Å². The van der Waals surface area contributed by atoms with Gasteiger partial charge in [-0.05, 0) is 99.0 Å². The Morgan fingerprint density at radius 1 is 0.796 bits per heavy atom. The third-order valence-electron chi connectivity index (χ3n) is 7.88. The van der Waals surface area contributed by atoms with Crippen LogP contribution in [0.5, 0.6) is 0 Å². The Hall–Kier alpha value is -4.55. The number of ether oxygens (including phenoxy) is 2. The van der Waals surface area contributed by atoms with Gasteiger partial charge in [0.25, 0.3) is 0 Å². The Labute approximate surface area is 281 Å². The number of esters is 2. The molecule has 1 N–H and O–H groups in total. The lowest BCUT2D eigenvalue weighted by atomic mass is 9.95. The number of aromatic nitrogens is 1. The summed E-state index contributed by atoms with van der Waals surface area (Å²) in [5.41, 5.74) is 0.316. The van der Waals surface area contributed by atoms with Crippen molar-refractivity contribution in [1.82, 2.24) is 9.88 Å². The first-order chi connectivity index (χ1) is 22.9. The molecule has 7 nitrogen and oxygen atoms in total. The molecule has 1 amide bonds. The van der Waals surface area contributed by atoms with Gasteiger partial charge in [-0.15, -0.1) is 0 Å². The lowest BCUT2D eigenvalue weighted by Crippen LogP contribution is -2.49. The molecule has 0 aliphatic heterocycles. The van der Waals surface area contributed by atoms with Gasteiger partial charge >= 0.3 is 24.3 Å². The van der Waals surface area contributed by atoms with E-state index in [4.69, 9.17) is 9.47 Å². The summed E-state index contributed by atoms with van der Waals surface area (Å²) in [5, 5.41) is 2.83. The fraction of sp³-hybridized carbons (Fsp3) is 0.417. The molecule has 3 rings (SSSR count). The van der Waals surface area contributed by atoms with Gasteiger partial charge in [0.2, 0.25) is 5.91 Å². The van der Waals surface area contributed by atoms with Crippen LogP contribution in [0.4, 0.5) is 26.3 Å². The van der Waals surface area contributed by atoms with Gasteiger partial charge in [0.15, 0.2) is 5.76 Å². The van der Waals surface area contributed by atoms with E-state index in [1.807, 2.05) is 10.6 Å². The number of benzene rings is 2. The van der Waals surface area contributed by atoms with Crippen LogP contribution in [-0.4, -0.2) is 34.6 Å². The summed E-state index contributed by atoms with van der Waals surface area (Å²) < 4.78 is 90.3. The summed E-state index contributed by atoms with van der Waals surface area (Å²) in [6.07, 6.45) is -4.96. The number of halogens is 6. The first kappa shape index (κ1) is 38.9. The number of alkyl halides is 6. The third-order valence-corrected chi connectivity index (χ3v) is 7.88. The van der Waals surface area contributed by atoms with E-state index in [9.17, 15) is 40.7 Å². The molecule has 0 radical (unpaired) electrons. The highest BCUT2D eigenvalue weighted by Gasteiger charge is 2.31. The van der Waals surface area contributed by atoms with Crippen molar-refractivity contribution >= 4 is 23.6 Å². The van der Waals surface area contributed by atoms with E-state index in [1.54, 1.807) is 26.1 Å². The van der Waals surface area contributed by atoms with Crippen LogP contribution >= 0.6 is 0 Å². The van der Waals surface area contributed by atoms with Crippen molar-refractivity contribution in [2.24, 2.45) is 7.05 Å². The molecule has 0 spiro atoms. The van der Waals surface area contributed by atoms with Gasteiger partial charge in [0.1, 0.15) is 6.61 Å². The van der Waals surface area contributed by atoms with Crippen LogP contribution in [0.25, 0.3) is 5.76 Å². The highest BCUT2D eigenvalue weighted by molar-refractivity contribution is 5.77. The van der Waals surface area contributed by atoms with E-state index in [0.29, 0.717) is 55.3 Å². The molecule has 2 aromatic carbocycles. The van der Waals surface area contributed by atoms with E-state index in [1.165, 1.54) is 38.1 Å². The van der Waals surface area contributed by atoms with Gasteiger partial charge in [-0.3, -0.25) is 14.4 Å². The summed E-state index contributed by atoms with van der Waals surface area (Å²) >= 11 is 0. The number of rotatable bonds is 15. The second kappa shape index (κ2) is 16.7. The van der Waals surface area contributed by atoms with Gasteiger partial charge in [0.05, 0.1) is 22.4 Å². The smallest absolute Gasteiger partial charge is 0.416 e. The van der Waals surface area contributed by atoms with Crippen molar-refractivity contribution in [3.63, 3.8) is 0 Å². The number of carbonyl (C=O) groups excluding carboxylic acids is 3. The lowest BCUT2D eigenvalue weighted by Gasteiger charge is -2.30. The molecule has 0 bridgehead atoms. The fourth-order valence-corrected chi connectivity index (χ4v) is 5.21. The molecule has 0 aliphatic carbocycles. The van der Waals surface area contributed by atoms with Crippen LogP contribution in [0, 0.1) is 0 Å². The summed E-state index contributed by atoms with van der Waals surface area (Å²) in [7, 11) is 1.77. The third kappa shape index (κ3) is 12.4. The number of nitrogens with zero attached hydrogens (tertiary/aromatic N) is 1. The SMILES string of the molecule is CC(=O)N[C@](C)(CCc1ccc(C(=CCCc2ccc(C(F)(F)F)cc2)OC(=O)CCCc2ccc(C(F)(F)F)cc2)n1C)COC(C)=O. The molecule has 3 aromatic rings. The maximum atomic E-state index is 13.0. The summed E-state index contributed by atoms with van der Waals surface area (Å²) in [5.74, 6) is -1.09. The zero-order chi connectivity index (χ0) is 36.4. The van der Waals surface area contributed by atoms with Crippen LogP contribution in [0.2, 0.25) is 0 Å². The number of carbonyl (C=O) groups is 3. The Morgan fingerprint density at radius 2 is 1.35 bits per heavy atom. The van der Waals surface area contributed by atoms with E-state index in [-0.39, 0.29) is 24.7 Å². The second-order valence-electron chi connectivity index (χ2n) is 12.1. The average Bonchev–Trinajstić information content (AvgIpc) is 3.37. The van der Waals surface area contributed by atoms with Gasteiger partial charge in [0, 0.05) is 33.0 Å². The molecule has 49 heavy (non-hydrogen) atoms. The molecule has 1 heterocycles. The van der Waals surface area contributed by atoms with Crippen molar-refractivity contribution in [2.45, 2.75) is 83.6 Å². The molecule has 0 aliphatic rings. The normalized spacial score (nSPS) is 13.5. The topological polar surface area (TPSA) is 86.6 Å². The molecule has 0 fully saturated rings. The Kier molecular flexibility index (Phi) is 13.3. The predicted molar refractivity (Wildman–Crippen MR) is 171 cm³/mol. The van der Waals surface area contributed by atoms with Gasteiger partial charge in [-0.2, -0.15) is 26.3 Å². The largest absolute Gasteiger partial charge is 0.463 e. The minimum atomic E-state index is -4.45. The average molecular weight is 695 g/mol. The fourth-order valence-electron chi connectivity index (χ4n) is 5.21. The molecule has 0 unspecified atom stereocenters. The molecule has 1 aromatic heterocycles. The number of aryl methyl sites for hydroxylation is 3. The van der Waals surface area contributed by atoms with Gasteiger partial charge in [-0.1, -0.05) is 24.3 Å². The van der Waals surface area contributed by atoms with Crippen LogP contribution < -0.4 is 5.32 Å². The molecule has 1 atom stereocenters. The van der Waals surface area contributed by atoms with Crippen molar-refractivity contribution in [2.75, 3.05) is 6.61 Å². The number of amides is 1. The van der Waals surface area contributed by atoms with Crippen LogP contribution in [0.3, 0.4) is 0 Å². The molecular weight excluding hydrogens is 654 g/mol. The van der Waals surface area contributed by atoms with Crippen LogP contribution in [0.1, 0.15) is 80.1 Å². The van der Waals surface area contributed by atoms with Crippen molar-refractivity contribution in [1.29, 1.82) is 0 Å². The Bertz CT molecular complexity index is 1610. The number of hydrogen-bond acceptors (Lipinski definition) is 5. The highest BCUT2D eigenvalue weighted by atomic mass is 19.4. The number of allylic oxidation sites excluding steroid dienone is 1. The monoisotopic (exact) mass is 694 g/mol. The van der Waals surface area contributed by atoms with Crippen molar-refractivity contribution in [3.8, 4) is 0 Å². The first-order valence-electron chi connectivity index (χ1n) is 15.7. The maximum absolute atomic E-state index is 13.0. The standard InChI is InChI=1S/C36H40F6N2O5/c1-24(45)43-34(3,23-48-25(2)46)22-21-30-19-20-31(44(30)4)32(9-5-7-26-11-15-28(16-12-26)35(37,38)39)49-33(47)10-6-8-27-13-17-29(18-14-27)36(40,41)42/h9,11-20H,5-8,10,21-23H2,1-4H3,(H,43,45)/t34-/m1/s1. The van der Waals surface area contributed by atoms with Gasteiger partial charge < -0.3 is 19.4 Å². The zero-order valence-electron chi connectivity index (χ0n) is 27.8. The van der Waals surface area contributed by atoms with Crippen molar-refractivity contribution in [3.05, 3.63) is 100 Å². The first-order valence-corrected chi connectivity index (χ1v) is 15.7. The van der Waals surface area contributed by atoms with E-state index in [0.717, 1.165) is 30.0 Å². The second-order valence-corrected chi connectivity index (χ2v) is 12.1. The number of hydrogen-bond donors (Lipinski definition) is 1. The lowest BCUT2D eigenvalue weighted by molar-refractivity contribution is -0.144. The molecule has 266 valence electrons. The maximum Gasteiger partial charge on any atom is 0.416 e. The summed E-state index contributed by atoms with van der Waals surface area (Å²) in [6.45, 7) is 4.38. The van der Waals surface area contributed by atoms with Crippen molar-refractivity contribution < 1.29 is 50.2 Å². The minimum absolute atomic E-state index is 0.0141. The van der Waals surface area contributed by atoms with E-state index in [2.05, 4.69) is 5.32 Å². The molecule has 13 heteroatoms. The molecule has 0 saturated heterocycles. The quantitative estimate of drug-likeness (QED) is 0.0991. The number of nitrogens with one attached hydrogen (secondary N) is 1.